The Hall–Kier alpha value is -3.42. The van der Waals surface area contributed by atoms with Gasteiger partial charge in [0.2, 0.25) is 11.7 Å². The van der Waals surface area contributed by atoms with Gasteiger partial charge in [-0.2, -0.15) is 0 Å². The zero-order valence-corrected chi connectivity index (χ0v) is 13.1. The molecule has 1 aromatic heterocycles. The van der Waals surface area contributed by atoms with Crippen LogP contribution in [0.25, 0.3) is 0 Å². The summed E-state index contributed by atoms with van der Waals surface area (Å²) >= 11 is 0. The molecule has 124 valence electrons. The van der Waals surface area contributed by atoms with Crippen LogP contribution in [0.1, 0.15) is 10.5 Å². The lowest BCUT2D eigenvalue weighted by molar-refractivity contribution is 0.104. The molecule has 0 saturated carbocycles. The third-order valence-corrected chi connectivity index (χ3v) is 2.73. The van der Waals surface area contributed by atoms with Crippen molar-refractivity contribution in [1.82, 2.24) is 14.9 Å². The van der Waals surface area contributed by atoms with E-state index in [-0.39, 0.29) is 17.4 Å². The van der Waals surface area contributed by atoms with Crippen LogP contribution in [0.3, 0.4) is 0 Å². The van der Waals surface area contributed by atoms with E-state index in [1.165, 1.54) is 24.5 Å². The molecule has 0 radical (unpaired) electrons. The van der Waals surface area contributed by atoms with Crippen molar-refractivity contribution in [3.63, 3.8) is 0 Å². The standard InChI is InChI=1S/C16H16N4O4/c1-20(2)7-6-14(21)13-9-15(18-10-17-13)24-12-5-3-4-11(8-12)19-16(22)23/h3-10,19H,1-2H3,(H,22,23). The fourth-order valence-electron chi connectivity index (χ4n) is 1.71. The number of rotatable bonds is 6. The van der Waals surface area contributed by atoms with E-state index < -0.39 is 6.09 Å². The van der Waals surface area contributed by atoms with Crippen LogP contribution in [0, 0.1) is 0 Å². The van der Waals surface area contributed by atoms with Crippen molar-refractivity contribution in [1.29, 1.82) is 0 Å². The maximum absolute atomic E-state index is 12.0. The summed E-state index contributed by atoms with van der Waals surface area (Å²) in [6.07, 6.45) is 3.07. The number of carbonyl (C=O) groups is 2. The van der Waals surface area contributed by atoms with Crippen molar-refractivity contribution < 1.29 is 19.4 Å². The maximum Gasteiger partial charge on any atom is 0.409 e. The van der Waals surface area contributed by atoms with E-state index in [1.807, 2.05) is 0 Å². The van der Waals surface area contributed by atoms with Crippen molar-refractivity contribution in [2.45, 2.75) is 0 Å². The summed E-state index contributed by atoms with van der Waals surface area (Å²) in [7, 11) is 3.60. The van der Waals surface area contributed by atoms with Gasteiger partial charge >= 0.3 is 6.09 Å². The van der Waals surface area contributed by atoms with E-state index in [2.05, 4.69) is 15.3 Å². The first-order valence-electron chi connectivity index (χ1n) is 6.93. The molecule has 0 bridgehead atoms. The Morgan fingerprint density at radius 3 is 2.75 bits per heavy atom. The number of hydrogen-bond acceptors (Lipinski definition) is 6. The molecule has 0 spiro atoms. The summed E-state index contributed by atoms with van der Waals surface area (Å²) in [5, 5.41) is 10.9. The van der Waals surface area contributed by atoms with Gasteiger partial charge in [0, 0.05) is 44.2 Å². The maximum atomic E-state index is 12.0. The molecule has 0 aliphatic rings. The molecule has 0 unspecified atom stereocenters. The van der Waals surface area contributed by atoms with Crippen LogP contribution in [-0.4, -0.2) is 45.9 Å². The van der Waals surface area contributed by atoms with Gasteiger partial charge in [-0.05, 0) is 12.1 Å². The predicted octanol–water partition coefficient (Wildman–Crippen LogP) is 2.62. The highest BCUT2D eigenvalue weighted by atomic mass is 16.5. The van der Waals surface area contributed by atoms with Crippen LogP contribution >= 0.6 is 0 Å². The summed E-state index contributed by atoms with van der Waals surface area (Å²) < 4.78 is 5.55. The lowest BCUT2D eigenvalue weighted by Crippen LogP contribution is -2.07. The molecule has 8 nitrogen and oxygen atoms in total. The zero-order valence-electron chi connectivity index (χ0n) is 13.1. The molecule has 0 fully saturated rings. The van der Waals surface area contributed by atoms with E-state index in [1.54, 1.807) is 43.4 Å². The van der Waals surface area contributed by atoms with E-state index in [4.69, 9.17) is 9.84 Å². The minimum Gasteiger partial charge on any atom is -0.465 e. The van der Waals surface area contributed by atoms with Gasteiger partial charge in [0.05, 0.1) is 0 Å². The third kappa shape index (κ3) is 5.09. The van der Waals surface area contributed by atoms with Crippen molar-refractivity contribution in [3.8, 4) is 11.6 Å². The first kappa shape index (κ1) is 16.9. The van der Waals surface area contributed by atoms with Crippen LogP contribution in [0.15, 0.2) is 48.9 Å². The van der Waals surface area contributed by atoms with E-state index >= 15 is 0 Å². The van der Waals surface area contributed by atoms with Gasteiger partial charge < -0.3 is 14.7 Å². The van der Waals surface area contributed by atoms with E-state index in [0.29, 0.717) is 11.4 Å². The Balaban J connectivity index is 2.15. The predicted molar refractivity (Wildman–Crippen MR) is 87.4 cm³/mol. The second kappa shape index (κ2) is 7.73. The fourth-order valence-corrected chi connectivity index (χ4v) is 1.71. The number of nitrogens with zero attached hydrogens (tertiary/aromatic N) is 3. The quantitative estimate of drug-likeness (QED) is 0.620. The highest BCUT2D eigenvalue weighted by Crippen LogP contribution is 2.23. The molecule has 0 saturated heterocycles. The first-order valence-corrected chi connectivity index (χ1v) is 6.93. The average Bonchev–Trinajstić information content (AvgIpc) is 2.52. The number of aromatic nitrogens is 2. The molecular formula is C16H16N4O4. The number of ether oxygens (including phenoxy) is 1. The summed E-state index contributed by atoms with van der Waals surface area (Å²) in [5.41, 5.74) is 0.553. The van der Waals surface area contributed by atoms with Gasteiger partial charge in [0.15, 0.2) is 0 Å². The second-order valence-corrected chi connectivity index (χ2v) is 4.95. The Bertz CT molecular complexity index is 774. The largest absolute Gasteiger partial charge is 0.465 e. The molecule has 2 rings (SSSR count). The number of ketones is 1. The molecule has 2 aromatic rings. The molecule has 8 heteroatoms. The van der Waals surface area contributed by atoms with Gasteiger partial charge in [0.1, 0.15) is 17.8 Å². The normalized spacial score (nSPS) is 10.4. The Morgan fingerprint density at radius 1 is 1.25 bits per heavy atom. The molecule has 1 aromatic carbocycles. The summed E-state index contributed by atoms with van der Waals surface area (Å²) in [5.74, 6) is 0.276. The molecular weight excluding hydrogens is 312 g/mol. The molecule has 0 aliphatic carbocycles. The number of carboxylic acid groups (broad SMARTS) is 1. The molecule has 0 atom stereocenters. The zero-order chi connectivity index (χ0) is 17.5. The number of benzene rings is 1. The van der Waals surface area contributed by atoms with Crippen LogP contribution in [0.2, 0.25) is 0 Å². The van der Waals surface area contributed by atoms with Crippen LogP contribution in [0.5, 0.6) is 11.6 Å². The Morgan fingerprint density at radius 2 is 2.04 bits per heavy atom. The Labute approximate surface area is 138 Å². The fraction of sp³-hybridized carbons (Fsp3) is 0.125. The summed E-state index contributed by atoms with van der Waals surface area (Å²) in [6.45, 7) is 0. The highest BCUT2D eigenvalue weighted by Gasteiger charge is 2.08. The number of hydrogen-bond donors (Lipinski definition) is 2. The van der Waals surface area contributed by atoms with E-state index in [9.17, 15) is 9.59 Å². The van der Waals surface area contributed by atoms with Crippen molar-refractivity contribution in [2.75, 3.05) is 19.4 Å². The van der Waals surface area contributed by atoms with Gasteiger partial charge in [-0.1, -0.05) is 6.07 Å². The lowest BCUT2D eigenvalue weighted by Gasteiger charge is -2.07. The number of nitrogens with one attached hydrogen (secondary N) is 1. The summed E-state index contributed by atoms with van der Waals surface area (Å²) in [4.78, 5) is 32.2. The lowest BCUT2D eigenvalue weighted by atomic mass is 10.2. The number of amides is 1. The summed E-state index contributed by atoms with van der Waals surface area (Å²) in [6, 6.07) is 7.78. The van der Waals surface area contributed by atoms with Crippen LogP contribution in [-0.2, 0) is 0 Å². The van der Waals surface area contributed by atoms with Gasteiger partial charge in [0.25, 0.3) is 0 Å². The molecule has 1 heterocycles. The highest BCUT2D eigenvalue weighted by molar-refractivity contribution is 6.03. The van der Waals surface area contributed by atoms with Gasteiger partial charge in [-0.25, -0.2) is 14.8 Å². The third-order valence-electron chi connectivity index (χ3n) is 2.73. The Kier molecular flexibility index (Phi) is 5.45. The van der Waals surface area contributed by atoms with Gasteiger partial charge in [-0.15, -0.1) is 0 Å². The monoisotopic (exact) mass is 328 g/mol. The van der Waals surface area contributed by atoms with Crippen LogP contribution in [0.4, 0.5) is 10.5 Å². The SMILES string of the molecule is CN(C)C=CC(=O)c1cc(Oc2cccc(NC(=O)O)c2)ncn1. The molecule has 0 aliphatic heterocycles. The smallest absolute Gasteiger partial charge is 0.409 e. The molecule has 1 amide bonds. The minimum atomic E-state index is -1.17. The van der Waals surface area contributed by atoms with E-state index in [0.717, 1.165) is 0 Å². The second-order valence-electron chi connectivity index (χ2n) is 4.95. The average molecular weight is 328 g/mol. The number of carbonyl (C=O) groups excluding carboxylic acids is 1. The van der Waals surface area contributed by atoms with Crippen molar-refractivity contribution in [3.05, 3.63) is 54.6 Å². The topological polar surface area (TPSA) is 105 Å². The van der Waals surface area contributed by atoms with Crippen molar-refractivity contribution >= 4 is 17.6 Å². The minimum absolute atomic E-state index is 0.180. The number of anilines is 1. The number of allylic oxidation sites excluding steroid dienone is 1. The van der Waals surface area contributed by atoms with Crippen LogP contribution < -0.4 is 10.1 Å². The molecule has 24 heavy (non-hydrogen) atoms. The van der Waals surface area contributed by atoms with Crippen molar-refractivity contribution in [2.24, 2.45) is 0 Å². The first-order chi connectivity index (χ1) is 11.4. The van der Waals surface area contributed by atoms with Gasteiger partial charge in [-0.3, -0.25) is 10.1 Å². The molecule has 2 N–H and O–H groups in total.